The van der Waals surface area contributed by atoms with Crippen LogP contribution in [0.25, 0.3) is 11.4 Å². The van der Waals surface area contributed by atoms with E-state index in [1.54, 1.807) is 0 Å². The van der Waals surface area contributed by atoms with Crippen molar-refractivity contribution in [2.45, 2.75) is 0 Å². The smallest absolute Gasteiger partial charge is 1.00 e. The largest absolute Gasteiger partial charge is 1.00 e. The van der Waals surface area contributed by atoms with Gasteiger partial charge in [-0.15, -0.1) is 0 Å². The number of aromatic carboxylic acids is 2. The Hall–Kier alpha value is -1.12. The summed E-state index contributed by atoms with van der Waals surface area (Å²) in [6.45, 7) is 0. The number of nitrogens with zero attached hydrogens (tertiary/aromatic N) is 2. The zero-order chi connectivity index (χ0) is 13.1. The number of pyridine rings is 2. The van der Waals surface area contributed by atoms with Crippen LogP contribution < -0.4 is 51.4 Å². The second-order valence-electron chi connectivity index (χ2n) is 3.47. The van der Waals surface area contributed by atoms with Crippen LogP contribution in [0.1, 0.15) is 22.1 Å². The molecule has 7 heteroatoms. The summed E-state index contributed by atoms with van der Waals surface area (Å²) in [6, 6.07) is 5.40. The number of carboxylic acids is 2. The SMILES string of the molecule is O=C(O)c1ccnc(-c2cc(C(=O)O)ccn2)c1.[H-].[K+]. The molecule has 0 aromatic carbocycles. The van der Waals surface area contributed by atoms with Gasteiger partial charge in [-0.3, -0.25) is 9.97 Å². The van der Waals surface area contributed by atoms with E-state index in [9.17, 15) is 9.59 Å². The maximum atomic E-state index is 10.8. The Balaban J connectivity index is 0.00000180. The van der Waals surface area contributed by atoms with E-state index in [1.165, 1.54) is 36.7 Å². The zero-order valence-corrected chi connectivity index (χ0v) is 13.2. The van der Waals surface area contributed by atoms with Crippen LogP contribution in [0.3, 0.4) is 0 Å². The summed E-state index contributed by atoms with van der Waals surface area (Å²) >= 11 is 0. The Labute approximate surface area is 152 Å². The van der Waals surface area contributed by atoms with Gasteiger partial charge in [0.25, 0.3) is 0 Å². The van der Waals surface area contributed by atoms with Crippen LogP contribution in [0.15, 0.2) is 36.7 Å². The number of carboxylic acid groups (broad SMARTS) is 2. The van der Waals surface area contributed by atoms with Gasteiger partial charge in [-0.2, -0.15) is 0 Å². The summed E-state index contributed by atoms with van der Waals surface area (Å²) in [6.07, 6.45) is 2.68. The van der Waals surface area contributed by atoms with E-state index in [0.29, 0.717) is 11.4 Å². The van der Waals surface area contributed by atoms with E-state index in [0.717, 1.165) is 0 Å². The first-order chi connectivity index (χ1) is 8.58. The van der Waals surface area contributed by atoms with Gasteiger partial charge >= 0.3 is 63.3 Å². The average molecular weight is 284 g/mol. The Morgan fingerprint density at radius 3 is 1.58 bits per heavy atom. The zero-order valence-electron chi connectivity index (χ0n) is 11.1. The number of rotatable bonds is 3. The Bertz CT molecular complexity index is 581. The number of hydrogen-bond acceptors (Lipinski definition) is 4. The van der Waals surface area contributed by atoms with E-state index in [-0.39, 0.29) is 63.9 Å². The molecule has 0 fully saturated rings. The molecule has 19 heavy (non-hydrogen) atoms. The van der Waals surface area contributed by atoms with Crippen molar-refractivity contribution in [2.75, 3.05) is 0 Å². The minimum absolute atomic E-state index is 0. The molecule has 2 aromatic rings. The third-order valence-corrected chi connectivity index (χ3v) is 2.28. The predicted octanol–water partition coefficient (Wildman–Crippen LogP) is -1.34. The van der Waals surface area contributed by atoms with Gasteiger partial charge < -0.3 is 11.6 Å². The van der Waals surface area contributed by atoms with Crippen LogP contribution in [0.2, 0.25) is 0 Å². The molecule has 2 aromatic heterocycles. The molecule has 0 unspecified atom stereocenters. The van der Waals surface area contributed by atoms with Crippen LogP contribution in [0, 0.1) is 0 Å². The Morgan fingerprint density at radius 1 is 0.895 bits per heavy atom. The van der Waals surface area contributed by atoms with Gasteiger partial charge in [0.1, 0.15) is 0 Å². The molecular formula is C12H9KN2O4. The molecule has 0 amide bonds. The summed E-state index contributed by atoms with van der Waals surface area (Å²) < 4.78 is 0. The molecule has 0 saturated carbocycles. The number of hydrogen-bond donors (Lipinski definition) is 2. The first-order valence-corrected chi connectivity index (χ1v) is 4.97. The molecule has 92 valence electrons. The molecule has 6 nitrogen and oxygen atoms in total. The normalized spacial score (nSPS) is 9.47. The molecule has 0 aliphatic heterocycles. The molecule has 0 saturated heterocycles. The third-order valence-electron chi connectivity index (χ3n) is 2.28. The van der Waals surface area contributed by atoms with Crippen LogP contribution in [0.4, 0.5) is 0 Å². The molecule has 0 bridgehead atoms. The number of carbonyl (C=O) groups is 2. The van der Waals surface area contributed by atoms with Crippen molar-refractivity contribution in [1.29, 1.82) is 0 Å². The monoisotopic (exact) mass is 284 g/mol. The minimum Gasteiger partial charge on any atom is -1.00 e. The van der Waals surface area contributed by atoms with Crippen molar-refractivity contribution in [3.63, 3.8) is 0 Å². The molecule has 0 atom stereocenters. The molecule has 0 aliphatic carbocycles. The molecule has 2 rings (SSSR count). The van der Waals surface area contributed by atoms with Crippen molar-refractivity contribution in [3.05, 3.63) is 47.8 Å². The fraction of sp³-hybridized carbons (Fsp3) is 0. The average Bonchev–Trinajstić information content (AvgIpc) is 2.39. The van der Waals surface area contributed by atoms with Crippen LogP contribution in [0.5, 0.6) is 0 Å². The molecular weight excluding hydrogens is 275 g/mol. The van der Waals surface area contributed by atoms with Crippen LogP contribution in [-0.2, 0) is 0 Å². The van der Waals surface area contributed by atoms with E-state index in [1.807, 2.05) is 0 Å². The van der Waals surface area contributed by atoms with Crippen molar-refractivity contribution >= 4 is 11.9 Å². The van der Waals surface area contributed by atoms with Crippen molar-refractivity contribution in [3.8, 4) is 11.4 Å². The van der Waals surface area contributed by atoms with E-state index < -0.39 is 11.9 Å². The van der Waals surface area contributed by atoms with Gasteiger partial charge in [-0.05, 0) is 24.3 Å². The summed E-state index contributed by atoms with van der Waals surface area (Å²) in [5.74, 6) is -2.15. The first kappa shape index (κ1) is 15.9. The van der Waals surface area contributed by atoms with Gasteiger partial charge in [-0.1, -0.05) is 0 Å². The van der Waals surface area contributed by atoms with Gasteiger partial charge in [0.05, 0.1) is 22.5 Å². The van der Waals surface area contributed by atoms with E-state index in [4.69, 9.17) is 10.2 Å². The van der Waals surface area contributed by atoms with Gasteiger partial charge in [0, 0.05) is 12.4 Å². The molecule has 0 radical (unpaired) electrons. The molecule has 2 N–H and O–H groups in total. The maximum Gasteiger partial charge on any atom is 1.00 e. The fourth-order valence-electron chi connectivity index (χ4n) is 1.41. The molecule has 0 aliphatic rings. The first-order valence-electron chi connectivity index (χ1n) is 4.97. The topological polar surface area (TPSA) is 100 Å². The predicted molar refractivity (Wildman–Crippen MR) is 62.5 cm³/mol. The minimum atomic E-state index is -1.08. The van der Waals surface area contributed by atoms with Crippen molar-refractivity contribution < 1.29 is 72.6 Å². The molecule has 2 heterocycles. The van der Waals surface area contributed by atoms with Gasteiger partial charge in [0.15, 0.2) is 0 Å². The second-order valence-corrected chi connectivity index (χ2v) is 3.47. The van der Waals surface area contributed by atoms with Crippen molar-refractivity contribution in [2.24, 2.45) is 0 Å². The third kappa shape index (κ3) is 3.92. The maximum absolute atomic E-state index is 10.8. The Morgan fingerprint density at radius 2 is 1.26 bits per heavy atom. The summed E-state index contributed by atoms with van der Waals surface area (Å²) in [5, 5.41) is 17.7. The summed E-state index contributed by atoms with van der Waals surface area (Å²) in [4.78, 5) is 29.6. The van der Waals surface area contributed by atoms with Crippen molar-refractivity contribution in [1.82, 2.24) is 9.97 Å². The summed E-state index contributed by atoms with van der Waals surface area (Å²) in [7, 11) is 0. The van der Waals surface area contributed by atoms with Crippen LogP contribution >= 0.6 is 0 Å². The number of aromatic nitrogens is 2. The summed E-state index contributed by atoms with van der Waals surface area (Å²) in [5.41, 5.74) is 0.779. The quantitative estimate of drug-likeness (QED) is 0.676. The van der Waals surface area contributed by atoms with E-state index >= 15 is 0 Å². The Kier molecular flexibility index (Phi) is 5.76. The molecule has 0 spiro atoms. The standard InChI is InChI=1S/C12H8N2O4.K.H/c15-11(16)7-1-3-13-9(5-7)10-6-8(12(17)18)2-4-14-10;;/h1-6H,(H,15,16)(H,17,18);;/q;+1;-1. The second kappa shape index (κ2) is 6.87. The van der Waals surface area contributed by atoms with Gasteiger partial charge in [-0.25, -0.2) is 9.59 Å². The van der Waals surface area contributed by atoms with Crippen LogP contribution in [-0.4, -0.2) is 32.1 Å². The van der Waals surface area contributed by atoms with E-state index in [2.05, 4.69) is 9.97 Å². The van der Waals surface area contributed by atoms with Gasteiger partial charge in [0.2, 0.25) is 0 Å². The fourth-order valence-corrected chi connectivity index (χ4v) is 1.41.